The normalized spacial score (nSPS) is 16.1. The van der Waals surface area contributed by atoms with Gasteiger partial charge in [-0.15, -0.1) is 11.8 Å². The molecule has 156 valence electrons. The Labute approximate surface area is 177 Å². The van der Waals surface area contributed by atoms with Gasteiger partial charge in [-0.3, -0.25) is 4.79 Å². The van der Waals surface area contributed by atoms with Gasteiger partial charge in [0, 0.05) is 34.6 Å². The summed E-state index contributed by atoms with van der Waals surface area (Å²) < 4.78 is 11.7. The maximum atomic E-state index is 12.5. The summed E-state index contributed by atoms with van der Waals surface area (Å²) in [5.74, 6) is 1.76. The molecule has 0 radical (unpaired) electrons. The van der Waals surface area contributed by atoms with Gasteiger partial charge in [0.1, 0.15) is 24.1 Å². The number of quaternary nitrogens is 1. The zero-order chi connectivity index (χ0) is 20.8. The summed E-state index contributed by atoms with van der Waals surface area (Å²) in [6, 6.07) is 12.6. The van der Waals surface area contributed by atoms with Crippen LogP contribution < -0.4 is 19.7 Å². The average Bonchev–Trinajstić information content (AvgIpc) is 3.05. The molecule has 0 saturated heterocycles. The van der Waals surface area contributed by atoms with Gasteiger partial charge in [-0.1, -0.05) is 12.1 Å². The van der Waals surface area contributed by atoms with Gasteiger partial charge in [-0.25, -0.2) is 0 Å². The first-order valence-electron chi connectivity index (χ1n) is 10.1. The Morgan fingerprint density at radius 1 is 1.31 bits per heavy atom. The van der Waals surface area contributed by atoms with Crippen LogP contribution in [0.15, 0.2) is 41.3 Å². The van der Waals surface area contributed by atoms with Gasteiger partial charge < -0.3 is 19.7 Å². The first kappa shape index (κ1) is 21.5. The van der Waals surface area contributed by atoms with Crippen LogP contribution in [0.1, 0.15) is 30.5 Å². The fourth-order valence-electron chi connectivity index (χ4n) is 3.59. The van der Waals surface area contributed by atoms with Crippen molar-refractivity contribution in [3.8, 4) is 11.5 Å². The third-order valence-electron chi connectivity index (χ3n) is 4.98. The van der Waals surface area contributed by atoms with Crippen molar-refractivity contribution in [1.82, 2.24) is 5.32 Å². The largest absolute Gasteiger partial charge is 0.494 e. The van der Waals surface area contributed by atoms with Gasteiger partial charge in [-0.2, -0.15) is 0 Å². The standard InChI is InChI=1S/C23H30N2O3S/c1-5-27-21-11-18-10-16(2)28-22(18)12-19(21)13-24-23(26)15-25(3)14-17-6-8-20(29-4)9-7-17/h6-9,11-12,16H,5,10,13-15H2,1-4H3,(H,24,26)/p+1/t16-/m0/s1. The topological polar surface area (TPSA) is 52.0 Å². The molecular formula is C23H31N2O3S+. The van der Waals surface area contributed by atoms with Gasteiger partial charge in [0.15, 0.2) is 6.54 Å². The van der Waals surface area contributed by atoms with Crippen LogP contribution >= 0.6 is 11.8 Å². The number of nitrogens with one attached hydrogen (secondary N) is 2. The maximum absolute atomic E-state index is 12.5. The summed E-state index contributed by atoms with van der Waals surface area (Å²) in [6.45, 7) is 6.31. The molecule has 1 unspecified atom stereocenters. The van der Waals surface area contributed by atoms with E-state index in [0.29, 0.717) is 19.7 Å². The number of rotatable bonds is 9. The summed E-state index contributed by atoms with van der Waals surface area (Å²) in [5.41, 5.74) is 3.36. The minimum Gasteiger partial charge on any atom is -0.494 e. The van der Waals surface area contributed by atoms with Crippen LogP contribution in [0.25, 0.3) is 0 Å². The lowest BCUT2D eigenvalue weighted by Gasteiger charge is -2.16. The Morgan fingerprint density at radius 2 is 2.07 bits per heavy atom. The molecule has 29 heavy (non-hydrogen) atoms. The van der Waals surface area contributed by atoms with Gasteiger partial charge in [0.25, 0.3) is 5.91 Å². The van der Waals surface area contributed by atoms with Crippen molar-refractivity contribution in [2.45, 2.75) is 44.4 Å². The number of benzene rings is 2. The number of likely N-dealkylation sites (N-methyl/N-ethyl adjacent to an activating group) is 1. The minimum atomic E-state index is 0.0282. The summed E-state index contributed by atoms with van der Waals surface area (Å²) >= 11 is 1.73. The second-order valence-electron chi connectivity index (χ2n) is 7.57. The Bertz CT molecular complexity index is 839. The Kier molecular flexibility index (Phi) is 7.45. The van der Waals surface area contributed by atoms with Gasteiger partial charge in [-0.05, 0) is 44.4 Å². The third kappa shape index (κ3) is 5.90. The Hall–Kier alpha value is -2.18. The van der Waals surface area contributed by atoms with Crippen LogP contribution in [0.5, 0.6) is 11.5 Å². The van der Waals surface area contributed by atoms with Crippen LogP contribution in [-0.2, 0) is 24.3 Å². The fourth-order valence-corrected chi connectivity index (χ4v) is 4.00. The van der Waals surface area contributed by atoms with Gasteiger partial charge in [0.2, 0.25) is 0 Å². The van der Waals surface area contributed by atoms with E-state index in [1.54, 1.807) is 11.8 Å². The van der Waals surface area contributed by atoms with E-state index in [-0.39, 0.29) is 12.0 Å². The zero-order valence-corrected chi connectivity index (χ0v) is 18.5. The lowest BCUT2D eigenvalue weighted by molar-refractivity contribution is -0.885. The highest BCUT2D eigenvalue weighted by atomic mass is 32.2. The van der Waals surface area contributed by atoms with Crippen molar-refractivity contribution in [3.63, 3.8) is 0 Å². The van der Waals surface area contributed by atoms with Gasteiger partial charge >= 0.3 is 0 Å². The molecule has 0 saturated carbocycles. The molecule has 0 aromatic heterocycles. The number of carbonyl (C=O) groups is 1. The SMILES string of the molecule is CCOc1cc2c(cc1CNC(=O)C[NH+](C)Cc1ccc(SC)cc1)O[C@@H](C)C2. The summed E-state index contributed by atoms with van der Waals surface area (Å²) in [4.78, 5) is 14.9. The number of hydrogen-bond acceptors (Lipinski definition) is 4. The first-order valence-corrected chi connectivity index (χ1v) is 11.4. The maximum Gasteiger partial charge on any atom is 0.275 e. The highest BCUT2D eigenvalue weighted by Gasteiger charge is 2.22. The summed E-state index contributed by atoms with van der Waals surface area (Å²) in [6.07, 6.45) is 3.15. The van der Waals surface area contributed by atoms with E-state index >= 15 is 0 Å². The van der Waals surface area contributed by atoms with Crippen LogP contribution in [-0.4, -0.2) is 38.5 Å². The monoisotopic (exact) mass is 415 g/mol. The minimum absolute atomic E-state index is 0.0282. The lowest BCUT2D eigenvalue weighted by atomic mass is 10.1. The molecule has 2 N–H and O–H groups in total. The molecule has 0 aliphatic carbocycles. The van der Waals surface area contributed by atoms with Crippen molar-refractivity contribution < 1.29 is 19.2 Å². The molecule has 2 aromatic rings. The van der Waals surface area contributed by atoms with E-state index < -0.39 is 0 Å². The van der Waals surface area contributed by atoms with Crippen molar-refractivity contribution in [2.24, 2.45) is 0 Å². The van der Waals surface area contributed by atoms with E-state index in [0.717, 1.165) is 34.9 Å². The van der Waals surface area contributed by atoms with Crippen molar-refractivity contribution in [3.05, 3.63) is 53.1 Å². The molecule has 5 nitrogen and oxygen atoms in total. The number of fused-ring (bicyclic) bond motifs is 1. The number of amides is 1. The van der Waals surface area contributed by atoms with Crippen LogP contribution in [0.2, 0.25) is 0 Å². The molecule has 2 atom stereocenters. The smallest absolute Gasteiger partial charge is 0.275 e. The second-order valence-corrected chi connectivity index (χ2v) is 8.45. The third-order valence-corrected chi connectivity index (χ3v) is 5.73. The van der Waals surface area contributed by atoms with E-state index in [4.69, 9.17) is 9.47 Å². The zero-order valence-electron chi connectivity index (χ0n) is 17.7. The molecule has 0 bridgehead atoms. The fraction of sp³-hybridized carbons (Fsp3) is 0.435. The highest BCUT2D eigenvalue weighted by molar-refractivity contribution is 7.98. The van der Waals surface area contributed by atoms with Crippen molar-refractivity contribution in [2.75, 3.05) is 26.5 Å². The molecule has 0 fully saturated rings. The predicted octanol–water partition coefficient (Wildman–Crippen LogP) is 2.46. The van der Waals surface area contributed by atoms with Crippen LogP contribution in [0.4, 0.5) is 0 Å². The molecule has 6 heteroatoms. The average molecular weight is 416 g/mol. The molecule has 0 spiro atoms. The molecule has 2 aromatic carbocycles. The Balaban J connectivity index is 1.55. The number of ether oxygens (including phenoxy) is 2. The van der Waals surface area contributed by atoms with Crippen molar-refractivity contribution >= 4 is 17.7 Å². The number of hydrogen-bond donors (Lipinski definition) is 2. The lowest BCUT2D eigenvalue weighted by Crippen LogP contribution is -3.08. The van der Waals surface area contributed by atoms with E-state index in [1.165, 1.54) is 16.0 Å². The number of carbonyl (C=O) groups excluding carboxylic acids is 1. The van der Waals surface area contributed by atoms with Gasteiger partial charge in [0.05, 0.1) is 13.7 Å². The molecule has 1 aliphatic heterocycles. The molecule has 3 rings (SSSR count). The highest BCUT2D eigenvalue weighted by Crippen LogP contribution is 2.35. The molecule has 1 aliphatic rings. The van der Waals surface area contributed by atoms with E-state index in [9.17, 15) is 4.79 Å². The second kappa shape index (κ2) is 10.0. The quantitative estimate of drug-likeness (QED) is 0.618. The first-order chi connectivity index (χ1) is 14.0. The van der Waals surface area contributed by atoms with E-state index in [2.05, 4.69) is 48.8 Å². The summed E-state index contributed by atoms with van der Waals surface area (Å²) in [5, 5.41) is 3.04. The van der Waals surface area contributed by atoms with E-state index in [1.807, 2.05) is 20.0 Å². The number of thioether (sulfide) groups is 1. The van der Waals surface area contributed by atoms with Crippen molar-refractivity contribution in [1.29, 1.82) is 0 Å². The predicted molar refractivity (Wildman–Crippen MR) is 117 cm³/mol. The Morgan fingerprint density at radius 3 is 2.76 bits per heavy atom. The molecular weight excluding hydrogens is 384 g/mol. The summed E-state index contributed by atoms with van der Waals surface area (Å²) in [7, 11) is 2.04. The van der Waals surface area contributed by atoms with Crippen LogP contribution in [0, 0.1) is 0 Å². The van der Waals surface area contributed by atoms with Crippen LogP contribution in [0.3, 0.4) is 0 Å². The molecule has 1 amide bonds. The molecule has 1 heterocycles.